The maximum absolute atomic E-state index is 7.49. The summed E-state index contributed by atoms with van der Waals surface area (Å²) < 4.78 is 6.47. The second kappa shape index (κ2) is 5.42. The second-order valence-electron chi connectivity index (χ2n) is 3.59. The molecule has 0 saturated heterocycles. The van der Waals surface area contributed by atoms with Crippen molar-refractivity contribution in [2.24, 2.45) is 5.73 Å². The van der Waals surface area contributed by atoms with E-state index in [4.69, 9.17) is 27.5 Å². The van der Waals surface area contributed by atoms with Crippen LogP contribution >= 0.6 is 27.5 Å². The van der Waals surface area contributed by atoms with E-state index >= 15 is 0 Å². The predicted octanol–water partition coefficient (Wildman–Crippen LogP) is 4.18. The highest BCUT2D eigenvalue weighted by atomic mass is 79.9. The molecule has 0 aliphatic carbocycles. The molecule has 0 spiro atoms. The van der Waals surface area contributed by atoms with Crippen LogP contribution in [-0.4, -0.2) is 5.84 Å². The number of benzene rings is 2. The molecule has 3 nitrogen and oxygen atoms in total. The lowest BCUT2D eigenvalue weighted by Gasteiger charge is -2.11. The van der Waals surface area contributed by atoms with Gasteiger partial charge in [-0.25, -0.2) is 0 Å². The molecule has 0 saturated carbocycles. The maximum Gasteiger partial charge on any atom is 0.141 e. The third-order valence-corrected chi connectivity index (χ3v) is 3.15. The van der Waals surface area contributed by atoms with E-state index in [2.05, 4.69) is 15.9 Å². The lowest BCUT2D eigenvalue weighted by Crippen LogP contribution is -2.12. The first kappa shape index (κ1) is 12.9. The van der Waals surface area contributed by atoms with Gasteiger partial charge in [0.2, 0.25) is 0 Å². The summed E-state index contributed by atoms with van der Waals surface area (Å²) in [7, 11) is 0. The van der Waals surface area contributed by atoms with Crippen molar-refractivity contribution in [3.05, 3.63) is 57.5 Å². The topological polar surface area (TPSA) is 59.1 Å². The second-order valence-corrected chi connectivity index (χ2v) is 4.88. The van der Waals surface area contributed by atoms with Crippen LogP contribution in [0.25, 0.3) is 0 Å². The summed E-state index contributed by atoms with van der Waals surface area (Å²) >= 11 is 9.23. The average Bonchev–Trinajstić information content (AvgIpc) is 2.33. The van der Waals surface area contributed by atoms with Crippen molar-refractivity contribution in [1.82, 2.24) is 0 Å². The first-order valence-corrected chi connectivity index (χ1v) is 6.31. The summed E-state index contributed by atoms with van der Waals surface area (Å²) in [5, 5.41) is 8.11. The predicted molar refractivity (Wildman–Crippen MR) is 76.7 cm³/mol. The van der Waals surface area contributed by atoms with Gasteiger partial charge >= 0.3 is 0 Å². The molecule has 92 valence electrons. The number of para-hydroxylation sites is 1. The number of hydrogen-bond donors (Lipinski definition) is 2. The Morgan fingerprint density at radius 1 is 1.17 bits per heavy atom. The summed E-state index contributed by atoms with van der Waals surface area (Å²) in [6.07, 6.45) is 0. The molecule has 0 amide bonds. The highest BCUT2D eigenvalue weighted by Crippen LogP contribution is 2.33. The third-order valence-electron chi connectivity index (χ3n) is 2.29. The largest absolute Gasteiger partial charge is 0.455 e. The van der Waals surface area contributed by atoms with Crippen LogP contribution in [0.1, 0.15) is 5.56 Å². The highest BCUT2D eigenvalue weighted by Gasteiger charge is 2.09. The van der Waals surface area contributed by atoms with E-state index in [1.165, 1.54) is 0 Å². The van der Waals surface area contributed by atoms with Crippen molar-refractivity contribution in [1.29, 1.82) is 5.41 Å². The fourth-order valence-electron chi connectivity index (χ4n) is 1.45. The molecule has 18 heavy (non-hydrogen) atoms. The first-order chi connectivity index (χ1) is 8.58. The van der Waals surface area contributed by atoms with Crippen molar-refractivity contribution >= 4 is 33.4 Å². The van der Waals surface area contributed by atoms with Gasteiger partial charge in [-0.15, -0.1) is 0 Å². The molecule has 0 aromatic heterocycles. The zero-order valence-electron chi connectivity index (χ0n) is 9.28. The van der Waals surface area contributed by atoms with Crippen LogP contribution in [0.15, 0.2) is 46.9 Å². The molecule has 2 aromatic carbocycles. The number of halogens is 2. The molecule has 2 aromatic rings. The van der Waals surface area contributed by atoms with Gasteiger partial charge in [0.1, 0.15) is 17.3 Å². The Bertz CT molecular complexity index is 601. The van der Waals surface area contributed by atoms with Crippen LogP contribution in [-0.2, 0) is 0 Å². The summed E-state index contributed by atoms with van der Waals surface area (Å²) in [6.45, 7) is 0. The van der Waals surface area contributed by atoms with Crippen molar-refractivity contribution in [2.45, 2.75) is 0 Å². The summed E-state index contributed by atoms with van der Waals surface area (Å²) in [6, 6.07) is 12.4. The van der Waals surface area contributed by atoms with Crippen molar-refractivity contribution in [2.75, 3.05) is 0 Å². The van der Waals surface area contributed by atoms with E-state index in [1.54, 1.807) is 36.4 Å². The first-order valence-electron chi connectivity index (χ1n) is 5.14. The molecule has 0 bridgehead atoms. The molecule has 0 aliphatic heterocycles. The van der Waals surface area contributed by atoms with Crippen molar-refractivity contribution in [3.8, 4) is 11.5 Å². The van der Waals surface area contributed by atoms with Crippen LogP contribution in [0.2, 0.25) is 5.02 Å². The summed E-state index contributed by atoms with van der Waals surface area (Å²) in [5.41, 5.74) is 6.06. The molecule has 0 aliphatic rings. The van der Waals surface area contributed by atoms with Crippen LogP contribution in [0.3, 0.4) is 0 Å². The van der Waals surface area contributed by atoms with Crippen LogP contribution in [0, 0.1) is 5.41 Å². The van der Waals surface area contributed by atoms with Gasteiger partial charge in [-0.1, -0.05) is 23.7 Å². The number of nitrogens with one attached hydrogen (secondary N) is 1. The molecule has 0 unspecified atom stereocenters. The summed E-state index contributed by atoms with van der Waals surface area (Å²) in [4.78, 5) is 0. The third kappa shape index (κ3) is 2.83. The lowest BCUT2D eigenvalue weighted by atomic mass is 10.2. The fraction of sp³-hybridized carbons (Fsp3) is 0. The molecular weight excluding hydrogens is 316 g/mol. The average molecular weight is 326 g/mol. The van der Waals surface area contributed by atoms with E-state index in [9.17, 15) is 0 Å². The smallest absolute Gasteiger partial charge is 0.141 e. The normalized spacial score (nSPS) is 10.1. The Kier molecular flexibility index (Phi) is 3.89. The Labute approximate surface area is 118 Å². The quantitative estimate of drug-likeness (QED) is 0.657. The van der Waals surface area contributed by atoms with E-state index in [1.807, 2.05) is 6.07 Å². The molecule has 5 heteroatoms. The molecule has 3 N–H and O–H groups in total. The van der Waals surface area contributed by atoms with Crippen LogP contribution in [0.4, 0.5) is 0 Å². The monoisotopic (exact) mass is 324 g/mol. The molecule has 0 atom stereocenters. The minimum absolute atomic E-state index is 0.0318. The number of nitrogens with two attached hydrogens (primary N) is 1. The van der Waals surface area contributed by atoms with E-state index in [-0.39, 0.29) is 5.84 Å². The van der Waals surface area contributed by atoms with Gasteiger partial charge in [-0.2, -0.15) is 0 Å². The minimum atomic E-state index is -0.0318. The molecule has 0 fully saturated rings. The Morgan fingerprint density at radius 3 is 2.56 bits per heavy atom. The standard InChI is InChI=1S/C13H10BrClN2O/c14-10-7-8(15)5-6-12(10)18-11-4-2-1-3-9(11)13(16)17/h1-7H,(H3,16,17). The fourth-order valence-corrected chi connectivity index (χ4v) is 2.22. The SMILES string of the molecule is N=C(N)c1ccccc1Oc1ccc(Cl)cc1Br. The van der Waals surface area contributed by atoms with Gasteiger partial charge in [0.15, 0.2) is 0 Å². The van der Waals surface area contributed by atoms with E-state index in [0.717, 1.165) is 4.47 Å². The number of nitrogen functional groups attached to an aromatic ring is 1. The number of ether oxygens (including phenoxy) is 1. The molecule has 0 heterocycles. The molecule has 2 rings (SSSR count). The van der Waals surface area contributed by atoms with E-state index < -0.39 is 0 Å². The van der Waals surface area contributed by atoms with Crippen LogP contribution < -0.4 is 10.5 Å². The van der Waals surface area contributed by atoms with Gasteiger partial charge in [0, 0.05) is 5.02 Å². The summed E-state index contributed by atoms with van der Waals surface area (Å²) in [5.74, 6) is 1.12. The van der Waals surface area contributed by atoms with Gasteiger partial charge in [0.25, 0.3) is 0 Å². The Balaban J connectivity index is 2.37. The zero-order chi connectivity index (χ0) is 13.1. The number of hydrogen-bond acceptors (Lipinski definition) is 2. The number of rotatable bonds is 3. The molecule has 0 radical (unpaired) electrons. The maximum atomic E-state index is 7.49. The minimum Gasteiger partial charge on any atom is -0.455 e. The van der Waals surface area contributed by atoms with Gasteiger partial charge in [-0.3, -0.25) is 5.41 Å². The Hall–Kier alpha value is -1.52. The highest BCUT2D eigenvalue weighted by molar-refractivity contribution is 9.10. The van der Waals surface area contributed by atoms with Crippen molar-refractivity contribution in [3.63, 3.8) is 0 Å². The lowest BCUT2D eigenvalue weighted by molar-refractivity contribution is 0.478. The van der Waals surface area contributed by atoms with E-state index in [0.29, 0.717) is 22.1 Å². The Morgan fingerprint density at radius 2 is 1.89 bits per heavy atom. The number of amidine groups is 1. The van der Waals surface area contributed by atoms with Gasteiger partial charge in [0.05, 0.1) is 10.0 Å². The van der Waals surface area contributed by atoms with Gasteiger partial charge in [-0.05, 0) is 46.3 Å². The zero-order valence-corrected chi connectivity index (χ0v) is 11.6. The van der Waals surface area contributed by atoms with Crippen molar-refractivity contribution < 1.29 is 4.74 Å². The van der Waals surface area contributed by atoms with Crippen LogP contribution in [0.5, 0.6) is 11.5 Å². The molecular formula is C13H10BrClN2O. The van der Waals surface area contributed by atoms with Gasteiger partial charge < -0.3 is 10.5 Å².